The first-order chi connectivity index (χ1) is 14.2. The van der Waals surface area contributed by atoms with Crippen molar-refractivity contribution in [1.82, 2.24) is 20.4 Å². The Morgan fingerprint density at radius 2 is 1.90 bits per heavy atom. The summed E-state index contributed by atoms with van der Waals surface area (Å²) in [5, 5.41) is 6.83. The lowest BCUT2D eigenvalue weighted by atomic mass is 9.99. The van der Waals surface area contributed by atoms with Crippen molar-refractivity contribution >= 4 is 12.1 Å². The van der Waals surface area contributed by atoms with Gasteiger partial charge in [0, 0.05) is 40.3 Å². The minimum atomic E-state index is -0.486. The number of likely N-dealkylation sites (tertiary alicyclic amines) is 1. The van der Waals surface area contributed by atoms with Gasteiger partial charge in [0.15, 0.2) is 5.96 Å². The Kier molecular flexibility index (Phi) is 8.96. The van der Waals surface area contributed by atoms with E-state index in [0.29, 0.717) is 19.0 Å². The van der Waals surface area contributed by atoms with Crippen molar-refractivity contribution in [3.05, 3.63) is 35.4 Å². The summed E-state index contributed by atoms with van der Waals surface area (Å²) in [4.78, 5) is 20.4. The van der Waals surface area contributed by atoms with Crippen LogP contribution in [0, 0.1) is 5.92 Å². The standard InChI is InChI=1S/C23H39N5O2/c1-23(2,3)30-22(29)28(6)17-19-11-9-18(10-12-19)14-25-21(24-4)26-15-20-8-7-13-27(5)16-20/h9-12,20H,7-8,13-17H2,1-6H3,(H2,24,25,26). The van der Waals surface area contributed by atoms with Crippen molar-refractivity contribution in [3.63, 3.8) is 0 Å². The first kappa shape index (κ1) is 24.0. The predicted octanol–water partition coefficient (Wildman–Crippen LogP) is 3.06. The van der Waals surface area contributed by atoms with Gasteiger partial charge in [-0.25, -0.2) is 4.79 Å². The van der Waals surface area contributed by atoms with Crippen LogP contribution < -0.4 is 10.6 Å². The van der Waals surface area contributed by atoms with Crippen molar-refractivity contribution < 1.29 is 9.53 Å². The lowest BCUT2D eigenvalue weighted by Crippen LogP contribution is -2.43. The number of carbonyl (C=O) groups excluding carboxylic acids is 1. The van der Waals surface area contributed by atoms with Crippen LogP contribution in [0.5, 0.6) is 0 Å². The number of guanidine groups is 1. The lowest BCUT2D eigenvalue weighted by Gasteiger charge is -2.30. The summed E-state index contributed by atoms with van der Waals surface area (Å²) in [7, 11) is 5.75. The van der Waals surface area contributed by atoms with E-state index in [1.807, 2.05) is 32.9 Å². The van der Waals surface area contributed by atoms with Crippen LogP contribution in [0.4, 0.5) is 4.79 Å². The molecule has 1 fully saturated rings. The van der Waals surface area contributed by atoms with E-state index in [1.165, 1.54) is 24.9 Å². The quantitative estimate of drug-likeness (QED) is 0.550. The smallest absolute Gasteiger partial charge is 0.410 e. The normalized spacial score (nSPS) is 18.1. The Labute approximate surface area is 181 Å². The molecule has 168 valence electrons. The Morgan fingerprint density at radius 3 is 2.50 bits per heavy atom. The fourth-order valence-electron chi connectivity index (χ4n) is 3.53. The molecule has 0 bridgehead atoms. The monoisotopic (exact) mass is 417 g/mol. The molecule has 1 saturated heterocycles. The second-order valence-corrected chi connectivity index (χ2v) is 9.23. The molecule has 0 saturated carbocycles. The van der Waals surface area contributed by atoms with E-state index in [2.05, 4.69) is 39.7 Å². The second-order valence-electron chi connectivity index (χ2n) is 9.23. The van der Waals surface area contributed by atoms with Gasteiger partial charge in [-0.05, 0) is 64.3 Å². The van der Waals surface area contributed by atoms with Crippen LogP contribution >= 0.6 is 0 Å². The van der Waals surface area contributed by atoms with Crippen LogP contribution in [0.3, 0.4) is 0 Å². The van der Waals surface area contributed by atoms with E-state index in [-0.39, 0.29) is 6.09 Å². The van der Waals surface area contributed by atoms with Gasteiger partial charge in [0.1, 0.15) is 5.60 Å². The predicted molar refractivity (Wildman–Crippen MR) is 123 cm³/mol. The third kappa shape index (κ3) is 8.61. The first-order valence-corrected chi connectivity index (χ1v) is 10.8. The average molecular weight is 418 g/mol. The van der Waals surface area contributed by atoms with Gasteiger partial charge in [0.2, 0.25) is 0 Å². The number of aliphatic imine (C=N–C) groups is 1. The van der Waals surface area contributed by atoms with Gasteiger partial charge in [-0.2, -0.15) is 0 Å². The summed E-state index contributed by atoms with van der Waals surface area (Å²) in [5.74, 6) is 1.50. The van der Waals surface area contributed by atoms with E-state index < -0.39 is 5.60 Å². The van der Waals surface area contributed by atoms with Crippen molar-refractivity contribution in [1.29, 1.82) is 0 Å². The molecule has 2 N–H and O–H groups in total. The van der Waals surface area contributed by atoms with Crippen molar-refractivity contribution in [2.45, 2.75) is 52.3 Å². The SMILES string of the molecule is CN=C(NCc1ccc(CN(C)C(=O)OC(C)(C)C)cc1)NCC1CCCN(C)C1. The molecule has 1 unspecified atom stereocenters. The molecule has 1 aromatic rings. The van der Waals surface area contributed by atoms with Crippen LogP contribution in [-0.2, 0) is 17.8 Å². The average Bonchev–Trinajstić information content (AvgIpc) is 2.68. The summed E-state index contributed by atoms with van der Waals surface area (Å²) in [6, 6.07) is 8.25. The molecule has 0 aromatic heterocycles. The van der Waals surface area contributed by atoms with Crippen LogP contribution in [0.15, 0.2) is 29.3 Å². The maximum absolute atomic E-state index is 12.1. The van der Waals surface area contributed by atoms with Gasteiger partial charge in [-0.15, -0.1) is 0 Å². The summed E-state index contributed by atoms with van der Waals surface area (Å²) in [6.45, 7) is 10.1. The number of amides is 1. The number of nitrogens with zero attached hydrogens (tertiary/aromatic N) is 3. The molecule has 0 radical (unpaired) electrons. The van der Waals surface area contributed by atoms with Gasteiger partial charge in [-0.1, -0.05) is 24.3 Å². The van der Waals surface area contributed by atoms with E-state index in [9.17, 15) is 4.79 Å². The van der Waals surface area contributed by atoms with Gasteiger partial charge in [-0.3, -0.25) is 4.99 Å². The fraction of sp³-hybridized carbons (Fsp3) is 0.652. The molecule has 7 heteroatoms. The number of carbonyl (C=O) groups is 1. The van der Waals surface area contributed by atoms with E-state index in [4.69, 9.17) is 4.74 Å². The van der Waals surface area contributed by atoms with Gasteiger partial charge < -0.3 is 25.2 Å². The van der Waals surface area contributed by atoms with Crippen LogP contribution in [0.1, 0.15) is 44.7 Å². The summed E-state index contributed by atoms with van der Waals surface area (Å²) in [5.41, 5.74) is 1.75. The molecule has 7 nitrogen and oxygen atoms in total. The number of ether oxygens (including phenoxy) is 1. The number of hydrogen-bond acceptors (Lipinski definition) is 4. The zero-order valence-corrected chi connectivity index (χ0v) is 19.5. The minimum Gasteiger partial charge on any atom is -0.444 e. The third-order valence-corrected chi connectivity index (χ3v) is 5.11. The zero-order chi connectivity index (χ0) is 22.1. The molecule has 1 aliphatic heterocycles. The minimum absolute atomic E-state index is 0.313. The van der Waals surface area contributed by atoms with E-state index in [1.54, 1.807) is 19.0 Å². The van der Waals surface area contributed by atoms with E-state index >= 15 is 0 Å². The number of rotatable bonds is 6. The summed E-state index contributed by atoms with van der Waals surface area (Å²) >= 11 is 0. The molecule has 1 heterocycles. The van der Waals surface area contributed by atoms with Crippen LogP contribution in [-0.4, -0.2) is 68.2 Å². The van der Waals surface area contributed by atoms with Crippen molar-refractivity contribution in [2.75, 3.05) is 40.8 Å². The first-order valence-electron chi connectivity index (χ1n) is 10.8. The molecule has 2 rings (SSSR count). The van der Waals surface area contributed by atoms with Gasteiger partial charge in [0.05, 0.1) is 0 Å². The number of hydrogen-bond donors (Lipinski definition) is 2. The fourth-order valence-corrected chi connectivity index (χ4v) is 3.53. The molecule has 0 spiro atoms. The highest BCUT2D eigenvalue weighted by atomic mass is 16.6. The summed E-state index contributed by atoms with van der Waals surface area (Å²) < 4.78 is 5.40. The van der Waals surface area contributed by atoms with Crippen LogP contribution in [0.2, 0.25) is 0 Å². The Bertz CT molecular complexity index is 697. The van der Waals surface area contributed by atoms with Crippen LogP contribution in [0.25, 0.3) is 0 Å². The Balaban J connectivity index is 1.77. The Morgan fingerprint density at radius 1 is 1.23 bits per heavy atom. The third-order valence-electron chi connectivity index (χ3n) is 5.11. The number of piperidine rings is 1. The highest BCUT2D eigenvalue weighted by molar-refractivity contribution is 5.79. The molecule has 1 atom stereocenters. The van der Waals surface area contributed by atoms with E-state index in [0.717, 1.165) is 24.6 Å². The molecule has 1 aliphatic rings. The summed E-state index contributed by atoms with van der Waals surface area (Å²) in [6.07, 6.45) is 2.23. The molecular formula is C23H39N5O2. The highest BCUT2D eigenvalue weighted by Gasteiger charge is 2.20. The maximum Gasteiger partial charge on any atom is 0.410 e. The van der Waals surface area contributed by atoms with Crippen molar-refractivity contribution in [3.8, 4) is 0 Å². The molecule has 1 amide bonds. The lowest BCUT2D eigenvalue weighted by molar-refractivity contribution is 0.0285. The van der Waals surface area contributed by atoms with Gasteiger partial charge in [0.25, 0.3) is 0 Å². The Hall–Kier alpha value is -2.28. The largest absolute Gasteiger partial charge is 0.444 e. The zero-order valence-electron chi connectivity index (χ0n) is 19.5. The maximum atomic E-state index is 12.1. The molecule has 30 heavy (non-hydrogen) atoms. The molecule has 0 aliphatic carbocycles. The van der Waals surface area contributed by atoms with Gasteiger partial charge >= 0.3 is 6.09 Å². The van der Waals surface area contributed by atoms with Crippen molar-refractivity contribution in [2.24, 2.45) is 10.9 Å². The second kappa shape index (κ2) is 11.2. The highest BCUT2D eigenvalue weighted by Crippen LogP contribution is 2.14. The topological polar surface area (TPSA) is 69.2 Å². The molecular weight excluding hydrogens is 378 g/mol. The molecule has 1 aromatic carbocycles. The number of benzene rings is 1. The number of nitrogens with one attached hydrogen (secondary N) is 2.